The summed E-state index contributed by atoms with van der Waals surface area (Å²) in [6.45, 7) is 3.01. The summed E-state index contributed by atoms with van der Waals surface area (Å²) in [5, 5.41) is 7.04. The van der Waals surface area contributed by atoms with Gasteiger partial charge in [-0.1, -0.05) is 36.8 Å². The summed E-state index contributed by atoms with van der Waals surface area (Å²) in [6, 6.07) is 10.2. The van der Waals surface area contributed by atoms with Gasteiger partial charge in [0.25, 0.3) is 0 Å². The molecule has 1 aliphatic carbocycles. The van der Waals surface area contributed by atoms with E-state index in [-0.39, 0.29) is 23.9 Å². The van der Waals surface area contributed by atoms with Crippen molar-refractivity contribution < 1.29 is 13.2 Å². The zero-order chi connectivity index (χ0) is 16.8. The van der Waals surface area contributed by atoms with E-state index in [1.807, 2.05) is 30.3 Å². The third-order valence-corrected chi connectivity index (χ3v) is 6.68. The summed E-state index contributed by atoms with van der Waals surface area (Å²) in [4.78, 5) is 0. The fraction of sp³-hybridized carbons (Fsp3) is 0.667. The Morgan fingerprint density at radius 3 is 2.72 bits per heavy atom. The molecule has 3 unspecified atom stereocenters. The van der Waals surface area contributed by atoms with Crippen molar-refractivity contribution in [1.29, 1.82) is 0 Å². The molecule has 25 heavy (non-hydrogen) atoms. The van der Waals surface area contributed by atoms with Crippen LogP contribution in [0.25, 0.3) is 0 Å². The molecule has 3 rings (SSSR count). The van der Waals surface area contributed by atoms with Gasteiger partial charge in [-0.05, 0) is 24.3 Å². The van der Waals surface area contributed by atoms with Crippen molar-refractivity contribution in [3.63, 3.8) is 0 Å². The van der Waals surface area contributed by atoms with Crippen molar-refractivity contribution in [3.8, 4) is 0 Å². The molecule has 0 radical (unpaired) electrons. The van der Waals surface area contributed by atoms with Crippen LogP contribution in [-0.4, -0.2) is 52.6 Å². The number of rotatable bonds is 7. The summed E-state index contributed by atoms with van der Waals surface area (Å²) in [6.07, 6.45) is 3.52. The first kappa shape index (κ1) is 20.6. The Morgan fingerprint density at radius 1 is 1.20 bits per heavy atom. The topological polar surface area (TPSA) is 67.4 Å². The quantitative estimate of drug-likeness (QED) is 0.745. The predicted molar refractivity (Wildman–Crippen MR) is 103 cm³/mol. The number of nitrogens with one attached hydrogen (secondary N) is 2. The average Bonchev–Trinajstić information content (AvgIpc) is 3.04. The van der Waals surface area contributed by atoms with Crippen LogP contribution in [0.2, 0.25) is 0 Å². The van der Waals surface area contributed by atoms with E-state index < -0.39 is 9.84 Å². The van der Waals surface area contributed by atoms with Gasteiger partial charge in [-0.15, -0.1) is 12.4 Å². The minimum atomic E-state index is -3.07. The van der Waals surface area contributed by atoms with Gasteiger partial charge in [-0.25, -0.2) is 8.42 Å². The number of ether oxygens (including phenoxy) is 1. The number of hydrogen-bond acceptors (Lipinski definition) is 5. The molecule has 1 aliphatic heterocycles. The van der Waals surface area contributed by atoms with Crippen molar-refractivity contribution in [1.82, 2.24) is 10.6 Å². The van der Waals surface area contributed by atoms with Gasteiger partial charge < -0.3 is 15.4 Å². The van der Waals surface area contributed by atoms with Gasteiger partial charge in [0.2, 0.25) is 0 Å². The maximum atomic E-state index is 12.3. The number of sulfone groups is 1. The van der Waals surface area contributed by atoms with Crippen LogP contribution >= 0.6 is 12.4 Å². The smallest absolute Gasteiger partial charge is 0.155 e. The zero-order valence-corrected chi connectivity index (χ0v) is 16.2. The van der Waals surface area contributed by atoms with Crippen molar-refractivity contribution in [2.24, 2.45) is 5.92 Å². The van der Waals surface area contributed by atoms with E-state index in [1.54, 1.807) is 0 Å². The Labute approximate surface area is 157 Å². The first-order chi connectivity index (χ1) is 11.6. The van der Waals surface area contributed by atoms with E-state index in [1.165, 1.54) is 12.8 Å². The number of benzene rings is 1. The van der Waals surface area contributed by atoms with Gasteiger partial charge in [-0.3, -0.25) is 0 Å². The van der Waals surface area contributed by atoms with E-state index in [2.05, 4.69) is 10.6 Å². The molecule has 5 nitrogen and oxygen atoms in total. The second-order valence-electron chi connectivity index (χ2n) is 6.87. The highest BCUT2D eigenvalue weighted by atomic mass is 35.5. The van der Waals surface area contributed by atoms with E-state index in [0.29, 0.717) is 24.5 Å². The lowest BCUT2D eigenvalue weighted by Crippen LogP contribution is -2.51. The fourth-order valence-corrected chi connectivity index (χ4v) is 5.16. The van der Waals surface area contributed by atoms with Gasteiger partial charge in [0, 0.05) is 25.2 Å². The van der Waals surface area contributed by atoms with Crippen LogP contribution in [0, 0.1) is 5.92 Å². The van der Waals surface area contributed by atoms with Gasteiger partial charge in [0.1, 0.15) is 0 Å². The SMILES string of the molecule is Cl.O=S(=O)(CCNC1CCCC1C1COCCN1)Cc1ccccc1. The van der Waals surface area contributed by atoms with Crippen molar-refractivity contribution >= 4 is 22.2 Å². The lowest BCUT2D eigenvalue weighted by Gasteiger charge is -2.33. The Morgan fingerprint density at radius 2 is 2.00 bits per heavy atom. The first-order valence-corrected chi connectivity index (χ1v) is 10.7. The van der Waals surface area contributed by atoms with Crippen molar-refractivity contribution in [2.45, 2.75) is 37.1 Å². The summed E-state index contributed by atoms with van der Waals surface area (Å²) in [7, 11) is -3.07. The second-order valence-corrected chi connectivity index (χ2v) is 9.05. The van der Waals surface area contributed by atoms with Crippen LogP contribution in [0.5, 0.6) is 0 Å². The van der Waals surface area contributed by atoms with Crippen molar-refractivity contribution in [2.75, 3.05) is 32.1 Å². The lowest BCUT2D eigenvalue weighted by molar-refractivity contribution is 0.0527. The molecule has 1 saturated carbocycles. The molecule has 142 valence electrons. The van der Waals surface area contributed by atoms with E-state index >= 15 is 0 Å². The molecule has 0 spiro atoms. The minimum absolute atomic E-state index is 0. The summed E-state index contributed by atoms with van der Waals surface area (Å²) < 4.78 is 30.2. The highest BCUT2D eigenvalue weighted by Crippen LogP contribution is 2.29. The molecule has 1 heterocycles. The third-order valence-electron chi connectivity index (χ3n) is 5.09. The molecule has 0 aromatic heterocycles. The second kappa shape index (κ2) is 9.88. The van der Waals surface area contributed by atoms with Gasteiger partial charge in [0.15, 0.2) is 9.84 Å². The maximum Gasteiger partial charge on any atom is 0.155 e. The van der Waals surface area contributed by atoms with Gasteiger partial charge >= 0.3 is 0 Å². The number of halogens is 1. The Hall–Kier alpha value is -0.660. The minimum Gasteiger partial charge on any atom is -0.379 e. The molecule has 2 N–H and O–H groups in total. The normalized spacial score (nSPS) is 27.0. The molecular weight excluding hydrogens is 360 g/mol. The molecule has 0 bridgehead atoms. The van der Waals surface area contributed by atoms with Crippen LogP contribution in [0.4, 0.5) is 0 Å². The van der Waals surface area contributed by atoms with Crippen LogP contribution < -0.4 is 10.6 Å². The Balaban J connectivity index is 0.00000225. The predicted octanol–water partition coefficient (Wildman–Crippen LogP) is 1.77. The summed E-state index contributed by atoms with van der Waals surface area (Å²) in [5.41, 5.74) is 0.861. The molecule has 0 amide bonds. The van der Waals surface area contributed by atoms with E-state index in [9.17, 15) is 8.42 Å². The lowest BCUT2D eigenvalue weighted by atomic mass is 9.94. The fourth-order valence-electron chi connectivity index (χ4n) is 3.88. The molecule has 2 fully saturated rings. The number of morpholine rings is 1. The molecule has 1 aromatic carbocycles. The molecular formula is C18H29ClN2O3S. The molecule has 1 aromatic rings. The molecule has 1 saturated heterocycles. The van der Waals surface area contributed by atoms with Crippen LogP contribution in [0.15, 0.2) is 30.3 Å². The van der Waals surface area contributed by atoms with Crippen molar-refractivity contribution in [3.05, 3.63) is 35.9 Å². The highest BCUT2D eigenvalue weighted by Gasteiger charge is 2.34. The Kier molecular flexibility index (Phi) is 8.16. The monoisotopic (exact) mass is 388 g/mol. The zero-order valence-electron chi connectivity index (χ0n) is 14.5. The summed E-state index contributed by atoms with van der Waals surface area (Å²) in [5.74, 6) is 0.864. The van der Waals surface area contributed by atoms with Crippen LogP contribution in [0.1, 0.15) is 24.8 Å². The van der Waals surface area contributed by atoms with Crippen LogP contribution in [0.3, 0.4) is 0 Å². The van der Waals surface area contributed by atoms with E-state index in [4.69, 9.17) is 4.74 Å². The third kappa shape index (κ3) is 6.22. The maximum absolute atomic E-state index is 12.3. The first-order valence-electron chi connectivity index (χ1n) is 8.93. The average molecular weight is 389 g/mol. The van der Waals surface area contributed by atoms with E-state index in [0.717, 1.165) is 31.7 Å². The van der Waals surface area contributed by atoms with Crippen LogP contribution in [-0.2, 0) is 20.3 Å². The molecule has 3 atom stereocenters. The van der Waals surface area contributed by atoms with Gasteiger partial charge in [-0.2, -0.15) is 0 Å². The van der Waals surface area contributed by atoms with Gasteiger partial charge in [0.05, 0.1) is 24.7 Å². The summed E-state index contributed by atoms with van der Waals surface area (Å²) >= 11 is 0. The standard InChI is InChI=1S/C18H28N2O3S.ClH/c21-24(22,14-15-5-2-1-3-6-15)12-10-20-17-8-4-7-16(17)18-13-23-11-9-19-18;/h1-3,5-6,16-20H,4,7-14H2;1H. The molecule has 2 aliphatic rings. The largest absolute Gasteiger partial charge is 0.379 e. The number of hydrogen-bond donors (Lipinski definition) is 2. The Bertz CT molecular complexity index is 606. The molecule has 7 heteroatoms. The highest BCUT2D eigenvalue weighted by molar-refractivity contribution is 7.90.